The minimum atomic E-state index is -0.410. The van der Waals surface area contributed by atoms with Crippen molar-refractivity contribution in [2.24, 2.45) is 0 Å². The average Bonchev–Trinajstić information content (AvgIpc) is 3.93. The van der Waals surface area contributed by atoms with Crippen molar-refractivity contribution in [1.29, 1.82) is 0 Å². The fourth-order valence-corrected chi connectivity index (χ4v) is 10.0. The summed E-state index contributed by atoms with van der Waals surface area (Å²) in [4.78, 5) is 0. The van der Waals surface area contributed by atoms with Crippen molar-refractivity contribution >= 4 is 76.1 Å². The first-order valence-corrected chi connectivity index (χ1v) is 20.9. The Labute approximate surface area is 365 Å². The summed E-state index contributed by atoms with van der Waals surface area (Å²) in [6.07, 6.45) is 0. The van der Waals surface area contributed by atoms with E-state index in [0.717, 1.165) is 104 Å². The molecule has 0 N–H and O–H groups in total. The third-order valence-electron chi connectivity index (χ3n) is 12.6. The second-order valence-corrected chi connectivity index (χ2v) is 16.0. The lowest BCUT2D eigenvalue weighted by Gasteiger charge is -2.19. The Bertz CT molecular complexity index is 4090. The molecule has 0 aliphatic carbocycles. The number of rotatable bonds is 5. The van der Waals surface area contributed by atoms with E-state index >= 15 is 0 Å². The standard InChI is InChI=1S/C60H37NO/c1-3-17-38(18-4-1)44-32-33-51(59-53-37-42(31-34-56(53)62-60(44)59)61-54-29-15-13-23-45(54)46-24-14-16-30-55(46)61)52-36-41(35-40-21-7-8-22-43(40)52)58-49-27-11-9-25-47(49)57(39-19-5-2-6-20-39)48-26-10-12-28-50(48)58/h1-37H/i2D,5D,6D,19D,20D. The van der Waals surface area contributed by atoms with E-state index in [2.05, 4.69) is 156 Å². The first kappa shape index (κ1) is 29.9. The van der Waals surface area contributed by atoms with Gasteiger partial charge < -0.3 is 8.98 Å². The summed E-state index contributed by atoms with van der Waals surface area (Å²) in [6, 6.07) is 66.1. The van der Waals surface area contributed by atoms with Crippen LogP contribution >= 0.6 is 0 Å². The number of hydrogen-bond donors (Lipinski definition) is 0. The highest BCUT2D eigenvalue weighted by molar-refractivity contribution is 6.24. The van der Waals surface area contributed by atoms with Gasteiger partial charge in [-0.3, -0.25) is 0 Å². The SMILES string of the molecule is [2H]c1c([2H])c([2H])c(-c2c3ccccc3c(-c3cc(-c4ccc(-c5ccccc5)c5oc6ccc(-n7c8ccccc8c8ccccc87)cc6c45)c4ccccc4c3)c3ccccc23)c([2H])c1[2H]. The van der Waals surface area contributed by atoms with Crippen molar-refractivity contribution < 1.29 is 11.3 Å². The Morgan fingerprint density at radius 1 is 0.371 bits per heavy atom. The van der Waals surface area contributed by atoms with E-state index in [9.17, 15) is 0 Å². The van der Waals surface area contributed by atoms with Gasteiger partial charge in [0.2, 0.25) is 0 Å². The van der Waals surface area contributed by atoms with Crippen LogP contribution in [-0.2, 0) is 0 Å². The quantitative estimate of drug-likeness (QED) is 0.159. The molecule has 13 aromatic rings. The molecule has 2 aromatic heterocycles. The number of hydrogen-bond acceptors (Lipinski definition) is 1. The van der Waals surface area contributed by atoms with Crippen LogP contribution in [0, 0.1) is 0 Å². The maximum atomic E-state index is 9.08. The van der Waals surface area contributed by atoms with E-state index in [1.165, 1.54) is 10.8 Å². The van der Waals surface area contributed by atoms with Crippen LogP contribution in [0.5, 0.6) is 0 Å². The molecule has 0 atom stereocenters. The van der Waals surface area contributed by atoms with Gasteiger partial charge >= 0.3 is 0 Å². The molecule has 2 nitrogen and oxygen atoms in total. The van der Waals surface area contributed by atoms with Crippen LogP contribution in [0.25, 0.3) is 126 Å². The van der Waals surface area contributed by atoms with Gasteiger partial charge in [-0.2, -0.15) is 0 Å². The summed E-state index contributed by atoms with van der Waals surface area (Å²) < 4.78 is 53.1. The largest absolute Gasteiger partial charge is 0.455 e. The number of para-hydroxylation sites is 2. The zero-order valence-corrected chi connectivity index (χ0v) is 33.3. The van der Waals surface area contributed by atoms with Gasteiger partial charge in [-0.1, -0.05) is 176 Å². The number of nitrogens with zero attached hydrogens (tertiary/aromatic N) is 1. The number of benzene rings is 11. The highest BCUT2D eigenvalue weighted by Gasteiger charge is 2.23. The van der Waals surface area contributed by atoms with Crippen LogP contribution in [0.2, 0.25) is 0 Å². The van der Waals surface area contributed by atoms with Gasteiger partial charge in [-0.05, 0) is 120 Å². The van der Waals surface area contributed by atoms with Gasteiger partial charge in [0.25, 0.3) is 0 Å². The maximum Gasteiger partial charge on any atom is 0.143 e. The molecule has 13 rings (SSSR count). The van der Waals surface area contributed by atoms with Gasteiger partial charge in [-0.15, -0.1) is 0 Å². The predicted octanol–water partition coefficient (Wildman–Crippen LogP) is 16.8. The van der Waals surface area contributed by atoms with Crippen molar-refractivity contribution in [3.05, 3.63) is 224 Å². The third kappa shape index (κ3) is 5.17. The van der Waals surface area contributed by atoms with E-state index < -0.39 is 6.04 Å². The number of furan rings is 1. The van der Waals surface area contributed by atoms with Crippen molar-refractivity contribution in [1.82, 2.24) is 4.57 Å². The first-order chi connectivity index (χ1) is 32.9. The lowest BCUT2D eigenvalue weighted by molar-refractivity contribution is 0.670. The molecule has 0 bridgehead atoms. The second kappa shape index (κ2) is 13.7. The van der Waals surface area contributed by atoms with Gasteiger partial charge in [0.05, 0.1) is 17.9 Å². The van der Waals surface area contributed by atoms with Gasteiger partial charge in [-0.25, -0.2) is 0 Å². The molecular weight excluding hydrogens is 751 g/mol. The molecule has 0 radical (unpaired) electrons. The topological polar surface area (TPSA) is 18.1 Å². The van der Waals surface area contributed by atoms with Gasteiger partial charge in [0, 0.05) is 32.8 Å². The molecule has 0 saturated carbocycles. The Balaban J connectivity index is 1.12. The summed E-state index contributed by atoms with van der Waals surface area (Å²) in [6.45, 7) is 0. The molecule has 2 heterocycles. The van der Waals surface area contributed by atoms with E-state index in [1.54, 1.807) is 0 Å². The van der Waals surface area contributed by atoms with Crippen LogP contribution in [0.4, 0.5) is 0 Å². The van der Waals surface area contributed by atoms with E-state index in [1.807, 2.05) is 42.5 Å². The molecule has 0 aliphatic heterocycles. The molecule has 0 aliphatic rings. The Hall–Kier alpha value is -8.20. The smallest absolute Gasteiger partial charge is 0.143 e. The highest BCUT2D eigenvalue weighted by atomic mass is 16.3. The van der Waals surface area contributed by atoms with Gasteiger partial charge in [0.1, 0.15) is 11.2 Å². The second-order valence-electron chi connectivity index (χ2n) is 16.0. The zero-order chi connectivity index (χ0) is 45.1. The molecule has 0 amide bonds. The highest BCUT2D eigenvalue weighted by Crippen LogP contribution is 2.48. The lowest BCUT2D eigenvalue weighted by Crippen LogP contribution is -1.93. The first-order valence-electron chi connectivity index (χ1n) is 23.4. The number of fused-ring (bicyclic) bond motifs is 9. The fourth-order valence-electron chi connectivity index (χ4n) is 10.0. The molecule has 62 heavy (non-hydrogen) atoms. The van der Waals surface area contributed by atoms with E-state index in [-0.39, 0.29) is 29.7 Å². The molecule has 11 aromatic carbocycles. The van der Waals surface area contributed by atoms with Crippen LogP contribution in [0.3, 0.4) is 0 Å². The summed E-state index contributed by atoms with van der Waals surface area (Å²) in [7, 11) is 0. The molecular formula is C60H37NO. The zero-order valence-electron chi connectivity index (χ0n) is 38.3. The monoisotopic (exact) mass is 792 g/mol. The van der Waals surface area contributed by atoms with Crippen LogP contribution in [-0.4, -0.2) is 4.57 Å². The molecule has 288 valence electrons. The minimum Gasteiger partial charge on any atom is -0.455 e. The molecule has 0 spiro atoms. The summed E-state index contributed by atoms with van der Waals surface area (Å²) in [5.74, 6) is 0. The molecule has 0 fully saturated rings. The molecule has 0 saturated heterocycles. The fraction of sp³-hybridized carbons (Fsp3) is 0. The normalized spacial score (nSPS) is 13.0. The van der Waals surface area contributed by atoms with Crippen molar-refractivity contribution in [3.8, 4) is 50.2 Å². The molecule has 2 heteroatoms. The number of aromatic nitrogens is 1. The Morgan fingerprint density at radius 2 is 0.919 bits per heavy atom. The maximum absolute atomic E-state index is 9.08. The van der Waals surface area contributed by atoms with Crippen molar-refractivity contribution in [2.75, 3.05) is 0 Å². The summed E-state index contributed by atoms with van der Waals surface area (Å²) >= 11 is 0. The third-order valence-corrected chi connectivity index (χ3v) is 12.6. The summed E-state index contributed by atoms with van der Waals surface area (Å²) in [5.41, 5.74) is 11.9. The average molecular weight is 793 g/mol. The lowest BCUT2D eigenvalue weighted by atomic mass is 9.84. The van der Waals surface area contributed by atoms with E-state index in [4.69, 9.17) is 11.3 Å². The predicted molar refractivity (Wildman–Crippen MR) is 262 cm³/mol. The minimum absolute atomic E-state index is 0.192. The van der Waals surface area contributed by atoms with E-state index in [0.29, 0.717) is 5.56 Å². The Morgan fingerprint density at radius 3 is 1.58 bits per heavy atom. The van der Waals surface area contributed by atoms with Crippen LogP contribution < -0.4 is 0 Å². The van der Waals surface area contributed by atoms with Crippen molar-refractivity contribution in [3.63, 3.8) is 0 Å². The van der Waals surface area contributed by atoms with Crippen LogP contribution in [0.15, 0.2) is 229 Å². The van der Waals surface area contributed by atoms with Crippen molar-refractivity contribution in [2.45, 2.75) is 0 Å². The summed E-state index contributed by atoms with van der Waals surface area (Å²) in [5, 5.41) is 10.0. The molecule has 0 unspecified atom stereocenters. The van der Waals surface area contributed by atoms with Gasteiger partial charge in [0.15, 0.2) is 0 Å². The Kier molecular flexibility index (Phi) is 6.60. The van der Waals surface area contributed by atoms with Crippen LogP contribution in [0.1, 0.15) is 6.85 Å².